The Bertz CT molecular complexity index is 645. The predicted molar refractivity (Wildman–Crippen MR) is 71.6 cm³/mol. The summed E-state index contributed by atoms with van der Waals surface area (Å²) < 4.78 is 39.9. The van der Waals surface area contributed by atoms with Crippen molar-refractivity contribution in [1.29, 1.82) is 5.26 Å². The molecular formula is C15H11F3N2O. The number of rotatable bonds is 4. The minimum absolute atomic E-state index is 0.252. The molecule has 2 rings (SSSR count). The molecule has 0 saturated heterocycles. The van der Waals surface area contributed by atoms with E-state index < -0.39 is 6.36 Å². The van der Waals surface area contributed by atoms with Crippen LogP contribution in [0.25, 0.3) is 0 Å². The zero-order chi connectivity index (χ0) is 15.3. The first-order chi connectivity index (χ1) is 9.96. The SMILES string of the molecule is N#Cc1cccc(NCc2ccc(OC(F)(F)F)cc2)c1. The maximum absolute atomic E-state index is 12.0. The monoisotopic (exact) mass is 292 g/mol. The standard InChI is InChI=1S/C15H11F3N2O/c16-15(17,18)21-14-6-4-11(5-7-14)10-20-13-3-1-2-12(8-13)9-19/h1-8,20H,10H2. The molecule has 1 N–H and O–H groups in total. The van der Waals surface area contributed by atoms with E-state index in [0.717, 1.165) is 11.3 Å². The van der Waals surface area contributed by atoms with E-state index >= 15 is 0 Å². The van der Waals surface area contributed by atoms with Crippen LogP contribution in [-0.2, 0) is 6.54 Å². The highest BCUT2D eigenvalue weighted by Gasteiger charge is 2.30. The Kier molecular flexibility index (Phi) is 4.33. The Morgan fingerprint density at radius 3 is 2.43 bits per heavy atom. The molecule has 2 aromatic carbocycles. The Morgan fingerprint density at radius 1 is 1.10 bits per heavy atom. The van der Waals surface area contributed by atoms with Gasteiger partial charge in [-0.2, -0.15) is 5.26 Å². The minimum Gasteiger partial charge on any atom is -0.406 e. The van der Waals surface area contributed by atoms with Gasteiger partial charge >= 0.3 is 6.36 Å². The molecule has 0 aliphatic heterocycles. The van der Waals surface area contributed by atoms with Crippen molar-refractivity contribution in [3.05, 3.63) is 59.7 Å². The number of nitrogens with one attached hydrogen (secondary N) is 1. The molecule has 0 heterocycles. The third-order valence-electron chi connectivity index (χ3n) is 2.65. The van der Waals surface area contributed by atoms with Crippen LogP contribution in [0.4, 0.5) is 18.9 Å². The second-order valence-corrected chi connectivity index (χ2v) is 4.24. The summed E-state index contributed by atoms with van der Waals surface area (Å²) in [6.07, 6.45) is -4.68. The summed E-state index contributed by atoms with van der Waals surface area (Å²) in [6, 6.07) is 14.6. The molecule has 0 saturated carbocycles. The van der Waals surface area contributed by atoms with Gasteiger partial charge in [0.2, 0.25) is 0 Å². The molecule has 0 radical (unpaired) electrons. The first-order valence-electron chi connectivity index (χ1n) is 6.05. The summed E-state index contributed by atoms with van der Waals surface area (Å²) in [6.45, 7) is 0.432. The number of hydrogen-bond acceptors (Lipinski definition) is 3. The van der Waals surface area contributed by atoms with E-state index in [2.05, 4.69) is 10.1 Å². The summed E-state index contributed by atoms with van der Waals surface area (Å²) in [4.78, 5) is 0. The number of benzene rings is 2. The van der Waals surface area contributed by atoms with Crippen LogP contribution in [-0.4, -0.2) is 6.36 Å². The summed E-state index contributed by atoms with van der Waals surface area (Å²) in [5, 5.41) is 11.9. The summed E-state index contributed by atoms with van der Waals surface area (Å²) >= 11 is 0. The van der Waals surface area contributed by atoms with Crippen LogP contribution >= 0.6 is 0 Å². The number of hydrogen-bond donors (Lipinski definition) is 1. The fourth-order valence-electron chi connectivity index (χ4n) is 1.71. The van der Waals surface area contributed by atoms with Crippen LogP contribution in [0.15, 0.2) is 48.5 Å². The van der Waals surface area contributed by atoms with E-state index in [1.165, 1.54) is 12.1 Å². The van der Waals surface area contributed by atoms with E-state index in [-0.39, 0.29) is 5.75 Å². The lowest BCUT2D eigenvalue weighted by Gasteiger charge is -2.10. The maximum atomic E-state index is 12.0. The average Bonchev–Trinajstić information content (AvgIpc) is 2.45. The normalized spacial score (nSPS) is 10.8. The average molecular weight is 292 g/mol. The maximum Gasteiger partial charge on any atom is 0.573 e. The number of ether oxygens (including phenoxy) is 1. The second-order valence-electron chi connectivity index (χ2n) is 4.24. The molecular weight excluding hydrogens is 281 g/mol. The molecule has 0 atom stereocenters. The van der Waals surface area contributed by atoms with Gasteiger partial charge < -0.3 is 10.1 Å². The molecule has 0 fully saturated rings. The van der Waals surface area contributed by atoms with Gasteiger partial charge in [0.25, 0.3) is 0 Å². The highest BCUT2D eigenvalue weighted by atomic mass is 19.4. The Labute approximate surface area is 119 Å². The molecule has 3 nitrogen and oxygen atoms in total. The number of nitrogens with zero attached hydrogens (tertiary/aromatic N) is 1. The summed E-state index contributed by atoms with van der Waals surface area (Å²) in [7, 11) is 0. The zero-order valence-electron chi connectivity index (χ0n) is 10.8. The fourth-order valence-corrected chi connectivity index (χ4v) is 1.71. The lowest BCUT2D eigenvalue weighted by Crippen LogP contribution is -2.17. The molecule has 0 amide bonds. The third kappa shape index (κ3) is 4.73. The van der Waals surface area contributed by atoms with E-state index in [9.17, 15) is 13.2 Å². The lowest BCUT2D eigenvalue weighted by atomic mass is 10.2. The largest absolute Gasteiger partial charge is 0.573 e. The Morgan fingerprint density at radius 2 is 1.81 bits per heavy atom. The van der Waals surface area contributed by atoms with E-state index in [0.29, 0.717) is 12.1 Å². The highest BCUT2D eigenvalue weighted by Crippen LogP contribution is 2.23. The zero-order valence-corrected chi connectivity index (χ0v) is 10.8. The quantitative estimate of drug-likeness (QED) is 0.924. The van der Waals surface area contributed by atoms with Crippen LogP contribution in [0, 0.1) is 11.3 Å². The number of alkyl halides is 3. The molecule has 6 heteroatoms. The first-order valence-corrected chi connectivity index (χ1v) is 6.05. The van der Waals surface area contributed by atoms with Crippen LogP contribution in [0.1, 0.15) is 11.1 Å². The fraction of sp³-hybridized carbons (Fsp3) is 0.133. The topological polar surface area (TPSA) is 45.0 Å². The van der Waals surface area contributed by atoms with Gasteiger partial charge in [0, 0.05) is 12.2 Å². The third-order valence-corrected chi connectivity index (χ3v) is 2.65. The number of halogens is 3. The van der Waals surface area contributed by atoms with Gasteiger partial charge in [-0.05, 0) is 35.9 Å². The molecule has 0 bridgehead atoms. The summed E-state index contributed by atoms with van der Waals surface area (Å²) in [5.74, 6) is -0.252. The number of nitriles is 1. The van der Waals surface area contributed by atoms with Crippen molar-refractivity contribution >= 4 is 5.69 Å². The molecule has 0 spiro atoms. The van der Waals surface area contributed by atoms with Crippen molar-refractivity contribution in [2.75, 3.05) is 5.32 Å². The molecule has 21 heavy (non-hydrogen) atoms. The van der Waals surface area contributed by atoms with Crippen molar-refractivity contribution < 1.29 is 17.9 Å². The Hall–Kier alpha value is -2.68. The van der Waals surface area contributed by atoms with E-state index in [1.54, 1.807) is 30.3 Å². The molecule has 0 unspecified atom stereocenters. The number of anilines is 1. The molecule has 0 aliphatic carbocycles. The van der Waals surface area contributed by atoms with Crippen molar-refractivity contribution in [1.82, 2.24) is 0 Å². The molecule has 0 aliphatic rings. The van der Waals surface area contributed by atoms with E-state index in [1.807, 2.05) is 12.1 Å². The van der Waals surface area contributed by atoms with Crippen molar-refractivity contribution in [3.8, 4) is 11.8 Å². The smallest absolute Gasteiger partial charge is 0.406 e. The molecule has 2 aromatic rings. The van der Waals surface area contributed by atoms with Crippen LogP contribution in [0.3, 0.4) is 0 Å². The van der Waals surface area contributed by atoms with Crippen LogP contribution in [0.5, 0.6) is 5.75 Å². The minimum atomic E-state index is -4.68. The van der Waals surface area contributed by atoms with Gasteiger partial charge in [-0.25, -0.2) is 0 Å². The van der Waals surface area contributed by atoms with E-state index in [4.69, 9.17) is 5.26 Å². The molecule has 108 valence electrons. The van der Waals surface area contributed by atoms with Crippen molar-refractivity contribution in [2.45, 2.75) is 12.9 Å². The Balaban J connectivity index is 1.96. The van der Waals surface area contributed by atoms with Crippen molar-refractivity contribution in [3.63, 3.8) is 0 Å². The molecule has 0 aromatic heterocycles. The lowest BCUT2D eigenvalue weighted by molar-refractivity contribution is -0.274. The van der Waals surface area contributed by atoms with Crippen molar-refractivity contribution in [2.24, 2.45) is 0 Å². The van der Waals surface area contributed by atoms with Gasteiger partial charge in [-0.1, -0.05) is 18.2 Å². The van der Waals surface area contributed by atoms with Gasteiger partial charge in [0.15, 0.2) is 0 Å². The van der Waals surface area contributed by atoms with Gasteiger partial charge in [-0.15, -0.1) is 13.2 Å². The second kappa shape index (κ2) is 6.18. The van der Waals surface area contributed by atoms with Gasteiger partial charge in [-0.3, -0.25) is 0 Å². The van der Waals surface area contributed by atoms with Crippen LogP contribution < -0.4 is 10.1 Å². The predicted octanol–water partition coefficient (Wildman–Crippen LogP) is 4.07. The first kappa shape index (κ1) is 14.7. The highest BCUT2D eigenvalue weighted by molar-refractivity contribution is 5.49. The van der Waals surface area contributed by atoms with Gasteiger partial charge in [0.05, 0.1) is 11.6 Å². The summed E-state index contributed by atoms with van der Waals surface area (Å²) in [5.41, 5.74) is 2.10. The van der Waals surface area contributed by atoms with Gasteiger partial charge in [0.1, 0.15) is 5.75 Å². The van der Waals surface area contributed by atoms with Crippen LogP contribution in [0.2, 0.25) is 0 Å².